The van der Waals surface area contributed by atoms with Gasteiger partial charge >= 0.3 is 0 Å². The lowest BCUT2D eigenvalue weighted by Crippen LogP contribution is -2.48. The number of amides is 1. The number of carbonyl (C=O) groups is 1. The molecule has 1 aromatic rings. The van der Waals surface area contributed by atoms with Crippen LogP contribution >= 0.6 is 0 Å². The Hall–Kier alpha value is -1.46. The molecule has 5 heteroatoms. The zero-order valence-electron chi connectivity index (χ0n) is 12.0. The van der Waals surface area contributed by atoms with Crippen molar-refractivity contribution in [3.8, 4) is 0 Å². The number of hydrogen-bond donors (Lipinski definition) is 2. The average molecular weight is 267 g/mol. The van der Waals surface area contributed by atoms with Gasteiger partial charge in [0.05, 0.1) is 12.2 Å². The van der Waals surface area contributed by atoms with Crippen LogP contribution in [0.5, 0.6) is 0 Å². The highest BCUT2D eigenvalue weighted by Crippen LogP contribution is 2.12. The third-order valence-corrected chi connectivity index (χ3v) is 3.20. The quantitative estimate of drug-likeness (QED) is 0.824. The van der Waals surface area contributed by atoms with Gasteiger partial charge in [-0.3, -0.25) is 4.79 Å². The summed E-state index contributed by atoms with van der Waals surface area (Å²) in [5.41, 5.74) is 0.166. The Labute approximate surface area is 114 Å². The van der Waals surface area contributed by atoms with Gasteiger partial charge in [0.25, 0.3) is 0 Å². The first-order valence-corrected chi connectivity index (χ1v) is 6.25. The van der Waals surface area contributed by atoms with Gasteiger partial charge < -0.3 is 15.5 Å². The van der Waals surface area contributed by atoms with Crippen molar-refractivity contribution in [1.29, 1.82) is 0 Å². The van der Waals surface area contributed by atoms with E-state index in [1.165, 1.54) is 12.1 Å². The normalized spacial score (nSPS) is 11.7. The Morgan fingerprint density at radius 1 is 1.32 bits per heavy atom. The molecule has 0 bridgehead atoms. The summed E-state index contributed by atoms with van der Waals surface area (Å²) in [7, 11) is 3.97. The van der Waals surface area contributed by atoms with Crippen molar-refractivity contribution in [3.63, 3.8) is 0 Å². The third kappa shape index (κ3) is 4.96. The zero-order valence-corrected chi connectivity index (χ0v) is 12.0. The Bertz CT molecular complexity index is 432. The second kappa shape index (κ2) is 6.63. The first-order valence-electron chi connectivity index (χ1n) is 6.25. The highest BCUT2D eigenvalue weighted by Gasteiger charge is 2.19. The summed E-state index contributed by atoms with van der Waals surface area (Å²) >= 11 is 0. The molecule has 0 saturated heterocycles. The molecule has 0 fully saturated rings. The lowest BCUT2D eigenvalue weighted by Gasteiger charge is -2.32. The van der Waals surface area contributed by atoms with Crippen molar-refractivity contribution in [1.82, 2.24) is 10.2 Å². The summed E-state index contributed by atoms with van der Waals surface area (Å²) in [6, 6.07) is 6.12. The molecule has 2 N–H and O–H groups in total. The fraction of sp³-hybridized carbons (Fsp3) is 0.500. The topological polar surface area (TPSA) is 44.4 Å². The van der Waals surface area contributed by atoms with Gasteiger partial charge in [-0.1, -0.05) is 12.1 Å². The highest BCUT2D eigenvalue weighted by atomic mass is 19.1. The monoisotopic (exact) mass is 267 g/mol. The fourth-order valence-electron chi connectivity index (χ4n) is 1.40. The summed E-state index contributed by atoms with van der Waals surface area (Å²) < 4.78 is 13.3. The summed E-state index contributed by atoms with van der Waals surface area (Å²) in [5.74, 6) is -0.677. The van der Waals surface area contributed by atoms with E-state index in [9.17, 15) is 9.18 Å². The molecule has 0 unspecified atom stereocenters. The second-order valence-electron chi connectivity index (χ2n) is 5.34. The zero-order chi connectivity index (χ0) is 14.5. The number of anilines is 1. The van der Waals surface area contributed by atoms with E-state index in [1.807, 2.05) is 14.1 Å². The fourth-order valence-corrected chi connectivity index (χ4v) is 1.40. The van der Waals surface area contributed by atoms with Crippen LogP contribution in [0.1, 0.15) is 13.8 Å². The standard InChI is InChI=1S/C14H22FN3O/c1-14(2,18(3)4)10-16-9-13(19)17-12-8-6-5-7-11(12)15/h5-8,16H,9-10H2,1-4H3,(H,17,19). The van der Waals surface area contributed by atoms with Crippen molar-refractivity contribution in [2.75, 3.05) is 32.5 Å². The number of hydrogen-bond acceptors (Lipinski definition) is 3. The molecule has 1 amide bonds. The first kappa shape index (κ1) is 15.6. The van der Waals surface area contributed by atoms with E-state index in [1.54, 1.807) is 12.1 Å². The smallest absolute Gasteiger partial charge is 0.238 e. The number of likely N-dealkylation sites (N-methyl/N-ethyl adjacent to an activating group) is 1. The number of rotatable bonds is 6. The van der Waals surface area contributed by atoms with E-state index in [-0.39, 0.29) is 23.7 Å². The predicted octanol–water partition coefficient (Wildman–Crippen LogP) is 1.69. The van der Waals surface area contributed by atoms with Gasteiger partial charge in [-0.25, -0.2) is 4.39 Å². The molecule has 0 aliphatic rings. The van der Waals surface area contributed by atoms with E-state index in [4.69, 9.17) is 0 Å². The molecule has 0 atom stereocenters. The first-order chi connectivity index (χ1) is 8.83. The Morgan fingerprint density at radius 3 is 2.53 bits per heavy atom. The van der Waals surface area contributed by atoms with Crippen LogP contribution in [-0.4, -0.2) is 43.5 Å². The molecule has 0 aliphatic carbocycles. The van der Waals surface area contributed by atoms with Gasteiger partial charge in [-0.2, -0.15) is 0 Å². The maximum Gasteiger partial charge on any atom is 0.238 e. The van der Waals surface area contributed by atoms with Crippen LogP contribution in [0.2, 0.25) is 0 Å². The van der Waals surface area contributed by atoms with Gasteiger partial charge in [0.2, 0.25) is 5.91 Å². The van der Waals surface area contributed by atoms with Gasteiger partial charge in [0, 0.05) is 12.1 Å². The van der Waals surface area contributed by atoms with Crippen LogP contribution in [0.4, 0.5) is 10.1 Å². The minimum atomic E-state index is -0.426. The highest BCUT2D eigenvalue weighted by molar-refractivity contribution is 5.92. The molecule has 0 spiro atoms. The second-order valence-corrected chi connectivity index (χ2v) is 5.34. The predicted molar refractivity (Wildman–Crippen MR) is 75.7 cm³/mol. The molecule has 1 aromatic carbocycles. The van der Waals surface area contributed by atoms with Crippen molar-refractivity contribution < 1.29 is 9.18 Å². The van der Waals surface area contributed by atoms with E-state index in [0.717, 1.165) is 0 Å². The number of halogens is 1. The summed E-state index contributed by atoms with van der Waals surface area (Å²) in [6.07, 6.45) is 0. The van der Waals surface area contributed by atoms with Crippen molar-refractivity contribution in [2.24, 2.45) is 0 Å². The molecule has 0 aliphatic heterocycles. The Balaban J connectivity index is 2.39. The van der Waals surface area contributed by atoms with Crippen molar-refractivity contribution in [2.45, 2.75) is 19.4 Å². The van der Waals surface area contributed by atoms with Crippen LogP contribution in [0.3, 0.4) is 0 Å². The molecule has 106 valence electrons. The van der Waals surface area contributed by atoms with Crippen LogP contribution in [0.25, 0.3) is 0 Å². The Kier molecular flexibility index (Phi) is 5.44. The van der Waals surface area contributed by atoms with Crippen LogP contribution < -0.4 is 10.6 Å². The minimum Gasteiger partial charge on any atom is -0.322 e. The lowest BCUT2D eigenvalue weighted by atomic mass is 10.0. The SMILES string of the molecule is CN(C)C(C)(C)CNCC(=O)Nc1ccccc1F. The number of nitrogens with one attached hydrogen (secondary N) is 2. The van der Waals surface area contributed by atoms with E-state index < -0.39 is 5.82 Å². The molecule has 0 heterocycles. The van der Waals surface area contributed by atoms with Gasteiger partial charge in [0.15, 0.2) is 0 Å². The third-order valence-electron chi connectivity index (χ3n) is 3.20. The maximum absolute atomic E-state index is 13.3. The van der Waals surface area contributed by atoms with Gasteiger partial charge in [-0.05, 0) is 40.1 Å². The molecule has 0 radical (unpaired) electrons. The molecule has 0 aromatic heterocycles. The largest absolute Gasteiger partial charge is 0.322 e. The van der Waals surface area contributed by atoms with E-state index >= 15 is 0 Å². The van der Waals surface area contributed by atoms with Crippen LogP contribution in [0, 0.1) is 5.82 Å². The molecule has 4 nitrogen and oxygen atoms in total. The van der Waals surface area contributed by atoms with Gasteiger partial charge in [0.1, 0.15) is 5.82 Å². The maximum atomic E-state index is 13.3. The number of nitrogens with zero attached hydrogens (tertiary/aromatic N) is 1. The summed E-state index contributed by atoms with van der Waals surface area (Å²) in [5, 5.41) is 5.61. The Morgan fingerprint density at radius 2 is 1.95 bits per heavy atom. The molecule has 19 heavy (non-hydrogen) atoms. The number of benzene rings is 1. The van der Waals surface area contributed by atoms with Crippen molar-refractivity contribution >= 4 is 11.6 Å². The number of carbonyl (C=O) groups excluding carboxylic acids is 1. The number of para-hydroxylation sites is 1. The molecular weight excluding hydrogens is 245 g/mol. The summed E-state index contributed by atoms with van der Waals surface area (Å²) in [6.45, 7) is 4.99. The van der Waals surface area contributed by atoms with Gasteiger partial charge in [-0.15, -0.1) is 0 Å². The molecule has 0 saturated carbocycles. The van der Waals surface area contributed by atoms with Crippen molar-refractivity contribution in [3.05, 3.63) is 30.1 Å². The average Bonchev–Trinajstić information content (AvgIpc) is 2.31. The lowest BCUT2D eigenvalue weighted by molar-refractivity contribution is -0.115. The van der Waals surface area contributed by atoms with Crippen LogP contribution in [-0.2, 0) is 4.79 Å². The van der Waals surface area contributed by atoms with E-state index in [0.29, 0.717) is 6.54 Å². The van der Waals surface area contributed by atoms with Crippen LogP contribution in [0.15, 0.2) is 24.3 Å². The summed E-state index contributed by atoms with van der Waals surface area (Å²) in [4.78, 5) is 13.7. The minimum absolute atomic E-state index is 0.0434. The van der Waals surface area contributed by atoms with E-state index in [2.05, 4.69) is 29.4 Å². The molecule has 1 rings (SSSR count). The molecular formula is C14H22FN3O.